The van der Waals surface area contributed by atoms with E-state index in [1.165, 1.54) is 12.1 Å². The third kappa shape index (κ3) is 4.15. The highest BCUT2D eigenvalue weighted by Gasteiger charge is 2.24. The van der Waals surface area contributed by atoms with E-state index in [0.29, 0.717) is 16.9 Å². The Morgan fingerprint density at radius 3 is 2.44 bits per heavy atom. The highest BCUT2D eigenvalue weighted by Crippen LogP contribution is 2.22. The first-order valence-electron chi connectivity index (χ1n) is 8.45. The van der Waals surface area contributed by atoms with Gasteiger partial charge in [0.2, 0.25) is 0 Å². The predicted molar refractivity (Wildman–Crippen MR) is 100 cm³/mol. The fraction of sp³-hybridized carbons (Fsp3) is 0.250. The summed E-state index contributed by atoms with van der Waals surface area (Å²) in [5.41, 5.74) is 8.36. The molecule has 0 bridgehead atoms. The molecule has 0 saturated heterocycles. The maximum absolute atomic E-state index is 12.2. The third-order valence-corrected chi connectivity index (χ3v) is 3.93. The molecule has 3 rings (SSSR count). The molecule has 3 N–H and O–H groups in total. The molecule has 0 amide bonds. The van der Waals surface area contributed by atoms with Gasteiger partial charge in [-0.15, -0.1) is 0 Å². The van der Waals surface area contributed by atoms with E-state index in [4.69, 9.17) is 15.6 Å². The number of nitrogens with zero attached hydrogens (tertiary/aromatic N) is 2. The summed E-state index contributed by atoms with van der Waals surface area (Å²) >= 11 is 0. The van der Waals surface area contributed by atoms with Crippen LogP contribution in [-0.4, -0.2) is 32.0 Å². The van der Waals surface area contributed by atoms with Crippen LogP contribution in [0.1, 0.15) is 42.7 Å². The molecule has 0 saturated carbocycles. The zero-order chi connectivity index (χ0) is 19.8. The van der Waals surface area contributed by atoms with Crippen LogP contribution < -0.4 is 5.73 Å². The van der Waals surface area contributed by atoms with Crippen LogP contribution in [0.15, 0.2) is 48.8 Å². The molecular weight excluding hydrogens is 346 g/mol. The smallest absolute Gasteiger partial charge is 0.335 e. The van der Waals surface area contributed by atoms with E-state index < -0.39 is 23.6 Å². The number of aromatic carboxylic acids is 1. The molecule has 1 unspecified atom stereocenters. The average Bonchev–Trinajstić information content (AvgIpc) is 3.02. The number of ether oxygens (including phenoxy) is 1. The van der Waals surface area contributed by atoms with Gasteiger partial charge in [-0.25, -0.2) is 14.6 Å². The van der Waals surface area contributed by atoms with Crippen LogP contribution in [0, 0.1) is 0 Å². The maximum Gasteiger partial charge on any atom is 0.335 e. The summed E-state index contributed by atoms with van der Waals surface area (Å²) < 4.78 is 7.14. The summed E-state index contributed by atoms with van der Waals surface area (Å²) in [6, 6.07) is 9.07. The molecule has 140 valence electrons. The fourth-order valence-electron chi connectivity index (χ4n) is 2.62. The molecule has 0 spiro atoms. The van der Waals surface area contributed by atoms with Crippen molar-refractivity contribution in [2.45, 2.75) is 32.4 Å². The van der Waals surface area contributed by atoms with Crippen molar-refractivity contribution < 1.29 is 19.4 Å². The van der Waals surface area contributed by atoms with Crippen LogP contribution in [0.5, 0.6) is 0 Å². The minimum Gasteiger partial charge on any atom is -0.478 e. The summed E-state index contributed by atoms with van der Waals surface area (Å²) in [7, 11) is 0. The molecule has 1 aromatic carbocycles. The second kappa shape index (κ2) is 6.85. The van der Waals surface area contributed by atoms with Crippen molar-refractivity contribution in [3.63, 3.8) is 0 Å². The first-order chi connectivity index (χ1) is 12.6. The lowest BCUT2D eigenvalue weighted by Crippen LogP contribution is -2.31. The number of fused-ring (bicyclic) bond motifs is 1. The number of aromatic nitrogens is 2. The Labute approximate surface area is 156 Å². The molecule has 2 aromatic heterocycles. The van der Waals surface area contributed by atoms with Gasteiger partial charge in [0.1, 0.15) is 17.3 Å². The Kier molecular flexibility index (Phi) is 4.72. The van der Waals surface area contributed by atoms with Gasteiger partial charge >= 0.3 is 11.9 Å². The van der Waals surface area contributed by atoms with E-state index in [-0.39, 0.29) is 5.56 Å². The van der Waals surface area contributed by atoms with Crippen molar-refractivity contribution in [1.82, 2.24) is 9.38 Å². The molecule has 1 atom stereocenters. The number of carbonyl (C=O) groups excluding carboxylic acids is 1. The van der Waals surface area contributed by atoms with Crippen LogP contribution in [0.3, 0.4) is 0 Å². The molecule has 0 radical (unpaired) electrons. The van der Waals surface area contributed by atoms with Gasteiger partial charge in [0, 0.05) is 18.0 Å². The topological polar surface area (TPSA) is 107 Å². The van der Waals surface area contributed by atoms with E-state index in [1.54, 1.807) is 51.2 Å². The molecule has 3 aromatic rings. The Hall–Kier alpha value is -3.19. The normalized spacial score (nSPS) is 12.7. The lowest BCUT2D eigenvalue weighted by atomic mass is 10.1. The molecule has 2 heterocycles. The lowest BCUT2D eigenvalue weighted by molar-refractivity contribution is -0.156. The van der Waals surface area contributed by atoms with Gasteiger partial charge in [-0.3, -0.25) is 0 Å². The standard InChI is InChI=1S/C20H21N3O4/c1-20(2,3)27-19(26)17(21)14-8-9-23-11-15(22-16(23)10-14)12-4-6-13(7-5-12)18(24)25/h4-11,17H,21H2,1-3H3,(H,24,25). The zero-order valence-corrected chi connectivity index (χ0v) is 15.3. The van der Waals surface area contributed by atoms with E-state index in [1.807, 2.05) is 10.6 Å². The van der Waals surface area contributed by atoms with Crippen molar-refractivity contribution in [3.8, 4) is 11.3 Å². The number of rotatable bonds is 4. The largest absolute Gasteiger partial charge is 0.478 e. The van der Waals surface area contributed by atoms with Crippen molar-refractivity contribution in [1.29, 1.82) is 0 Å². The van der Waals surface area contributed by atoms with Gasteiger partial charge in [-0.2, -0.15) is 0 Å². The van der Waals surface area contributed by atoms with Gasteiger partial charge in [-0.1, -0.05) is 12.1 Å². The predicted octanol–water partition coefficient (Wildman–Crippen LogP) is 3.04. The number of carboxylic acids is 1. The minimum atomic E-state index is -0.975. The number of imidazole rings is 1. The Morgan fingerprint density at radius 1 is 1.19 bits per heavy atom. The van der Waals surface area contributed by atoms with Gasteiger partial charge < -0.3 is 20.0 Å². The molecule has 7 heteroatoms. The van der Waals surface area contributed by atoms with Crippen LogP contribution in [0.25, 0.3) is 16.9 Å². The van der Waals surface area contributed by atoms with Crippen molar-refractivity contribution in [3.05, 3.63) is 59.9 Å². The van der Waals surface area contributed by atoms with E-state index in [0.717, 1.165) is 5.56 Å². The van der Waals surface area contributed by atoms with E-state index >= 15 is 0 Å². The number of hydrogen-bond donors (Lipinski definition) is 2. The number of benzene rings is 1. The second-order valence-electron chi connectivity index (χ2n) is 7.25. The summed E-state index contributed by atoms with van der Waals surface area (Å²) in [4.78, 5) is 27.7. The summed E-state index contributed by atoms with van der Waals surface area (Å²) in [6.07, 6.45) is 3.60. The second-order valence-corrected chi connectivity index (χ2v) is 7.25. The molecule has 0 aliphatic carbocycles. The Balaban J connectivity index is 1.88. The summed E-state index contributed by atoms with van der Waals surface area (Å²) in [5, 5.41) is 8.99. The number of pyridine rings is 1. The number of esters is 1. The zero-order valence-electron chi connectivity index (χ0n) is 15.3. The molecule has 7 nitrogen and oxygen atoms in total. The SMILES string of the molecule is CC(C)(C)OC(=O)C(N)c1ccn2cc(-c3ccc(C(=O)O)cc3)nc2c1. The summed E-state index contributed by atoms with van der Waals surface area (Å²) in [6.45, 7) is 5.37. The number of nitrogens with two attached hydrogens (primary N) is 1. The van der Waals surface area contributed by atoms with Gasteiger partial charge in [0.15, 0.2) is 0 Å². The van der Waals surface area contributed by atoms with Crippen LogP contribution >= 0.6 is 0 Å². The quantitative estimate of drug-likeness (QED) is 0.687. The number of carbonyl (C=O) groups is 2. The van der Waals surface area contributed by atoms with E-state index in [9.17, 15) is 9.59 Å². The Bertz CT molecular complexity index is 1000. The van der Waals surface area contributed by atoms with Crippen molar-refractivity contribution in [2.75, 3.05) is 0 Å². The van der Waals surface area contributed by atoms with Gasteiger partial charge in [0.25, 0.3) is 0 Å². The monoisotopic (exact) mass is 367 g/mol. The minimum absolute atomic E-state index is 0.216. The first kappa shape index (κ1) is 18.6. The lowest BCUT2D eigenvalue weighted by Gasteiger charge is -2.22. The van der Waals surface area contributed by atoms with Gasteiger partial charge in [-0.05, 0) is 50.6 Å². The average molecular weight is 367 g/mol. The van der Waals surface area contributed by atoms with Crippen molar-refractivity contribution in [2.24, 2.45) is 5.73 Å². The third-order valence-electron chi connectivity index (χ3n) is 3.93. The first-order valence-corrected chi connectivity index (χ1v) is 8.45. The van der Waals surface area contributed by atoms with E-state index in [2.05, 4.69) is 4.98 Å². The Morgan fingerprint density at radius 2 is 1.85 bits per heavy atom. The number of hydrogen-bond acceptors (Lipinski definition) is 5. The van der Waals surface area contributed by atoms with Crippen LogP contribution in [-0.2, 0) is 9.53 Å². The summed E-state index contributed by atoms with van der Waals surface area (Å²) in [5.74, 6) is -1.47. The fourth-order valence-corrected chi connectivity index (χ4v) is 2.62. The van der Waals surface area contributed by atoms with Crippen LogP contribution in [0.2, 0.25) is 0 Å². The molecule has 27 heavy (non-hydrogen) atoms. The molecule has 0 aliphatic heterocycles. The maximum atomic E-state index is 12.2. The van der Waals surface area contributed by atoms with Crippen molar-refractivity contribution >= 4 is 17.6 Å². The highest BCUT2D eigenvalue weighted by molar-refractivity contribution is 5.88. The highest BCUT2D eigenvalue weighted by atomic mass is 16.6. The molecule has 0 fully saturated rings. The van der Waals surface area contributed by atoms with Crippen LogP contribution in [0.4, 0.5) is 0 Å². The number of carboxylic acid groups (broad SMARTS) is 1. The van der Waals surface area contributed by atoms with Gasteiger partial charge in [0.05, 0.1) is 11.3 Å². The molecular formula is C20H21N3O4. The molecule has 0 aliphatic rings.